The predicted molar refractivity (Wildman–Crippen MR) is 58.6 cm³/mol. The molecule has 0 spiro atoms. The number of hydrogen-bond donors (Lipinski definition) is 1. The monoisotopic (exact) mass is 189 g/mol. The first kappa shape index (κ1) is 10.6. The van der Waals surface area contributed by atoms with Gasteiger partial charge in [-0.25, -0.2) is 0 Å². The SMILES string of the molecule is C/C(C(=O)C(C)C)=C1/C=CC=CC1=N. The van der Waals surface area contributed by atoms with Crippen molar-refractivity contribution in [2.24, 2.45) is 5.92 Å². The number of carbonyl (C=O) groups excluding carboxylic acids is 1. The molecule has 0 unspecified atom stereocenters. The number of hydrogen-bond acceptors (Lipinski definition) is 2. The number of ketones is 1. The van der Waals surface area contributed by atoms with E-state index in [0.717, 1.165) is 5.57 Å². The largest absolute Gasteiger partial charge is 0.300 e. The molecule has 0 heterocycles. The van der Waals surface area contributed by atoms with Crippen LogP contribution in [0.25, 0.3) is 0 Å². The quantitative estimate of drug-likeness (QED) is 0.666. The zero-order valence-electron chi connectivity index (χ0n) is 8.79. The molecule has 14 heavy (non-hydrogen) atoms. The molecule has 0 bridgehead atoms. The van der Waals surface area contributed by atoms with Gasteiger partial charge in [-0.2, -0.15) is 0 Å². The van der Waals surface area contributed by atoms with Crippen molar-refractivity contribution in [1.82, 2.24) is 0 Å². The molecule has 0 radical (unpaired) electrons. The molecule has 0 aromatic heterocycles. The first-order valence-electron chi connectivity index (χ1n) is 4.72. The Morgan fingerprint density at radius 2 is 1.86 bits per heavy atom. The Hall–Kier alpha value is -1.44. The first-order chi connectivity index (χ1) is 6.54. The van der Waals surface area contributed by atoms with E-state index >= 15 is 0 Å². The summed E-state index contributed by atoms with van der Waals surface area (Å²) >= 11 is 0. The van der Waals surface area contributed by atoms with E-state index in [1.165, 1.54) is 0 Å². The molecule has 0 fully saturated rings. The van der Waals surface area contributed by atoms with Crippen LogP contribution >= 0.6 is 0 Å². The minimum absolute atomic E-state index is 0.00499. The second-order valence-corrected chi connectivity index (χ2v) is 3.69. The highest BCUT2D eigenvalue weighted by Gasteiger charge is 2.15. The smallest absolute Gasteiger partial charge is 0.161 e. The first-order valence-corrected chi connectivity index (χ1v) is 4.72. The maximum absolute atomic E-state index is 11.7. The molecular formula is C12H15NO. The Morgan fingerprint density at radius 1 is 1.29 bits per heavy atom. The highest BCUT2D eigenvalue weighted by molar-refractivity contribution is 6.15. The third-order valence-electron chi connectivity index (χ3n) is 2.23. The van der Waals surface area contributed by atoms with Crippen molar-refractivity contribution in [2.45, 2.75) is 20.8 Å². The maximum atomic E-state index is 11.7. The van der Waals surface area contributed by atoms with Crippen molar-refractivity contribution in [3.8, 4) is 0 Å². The van der Waals surface area contributed by atoms with E-state index in [0.29, 0.717) is 11.3 Å². The second-order valence-electron chi connectivity index (χ2n) is 3.69. The molecule has 1 N–H and O–H groups in total. The molecule has 0 amide bonds. The second kappa shape index (κ2) is 4.18. The van der Waals surface area contributed by atoms with Gasteiger partial charge in [0.05, 0.1) is 5.71 Å². The summed E-state index contributed by atoms with van der Waals surface area (Å²) in [6.07, 6.45) is 7.17. The standard InChI is InChI=1S/C12H15NO/c1-8(2)12(14)9(3)10-6-4-5-7-11(10)13/h4-8,13H,1-3H3/b10-9+,13-11?. The van der Waals surface area contributed by atoms with Crippen LogP contribution in [-0.4, -0.2) is 11.5 Å². The minimum atomic E-state index is -0.00499. The highest BCUT2D eigenvalue weighted by Crippen LogP contribution is 2.16. The predicted octanol–water partition coefficient (Wildman–Crippen LogP) is 2.67. The van der Waals surface area contributed by atoms with E-state index in [1.54, 1.807) is 19.1 Å². The van der Waals surface area contributed by atoms with Gasteiger partial charge in [-0.1, -0.05) is 32.1 Å². The van der Waals surface area contributed by atoms with Crippen molar-refractivity contribution in [2.75, 3.05) is 0 Å². The van der Waals surface area contributed by atoms with Gasteiger partial charge >= 0.3 is 0 Å². The zero-order chi connectivity index (χ0) is 10.7. The molecule has 0 saturated carbocycles. The van der Waals surface area contributed by atoms with Crippen LogP contribution in [0.5, 0.6) is 0 Å². The van der Waals surface area contributed by atoms with E-state index in [-0.39, 0.29) is 11.7 Å². The van der Waals surface area contributed by atoms with Crippen LogP contribution in [0.2, 0.25) is 0 Å². The Bertz CT molecular complexity index is 357. The Labute approximate surface area is 84.5 Å². The summed E-state index contributed by atoms with van der Waals surface area (Å²) in [5.74, 6) is 0.110. The molecule has 1 rings (SSSR count). The molecule has 0 atom stereocenters. The van der Waals surface area contributed by atoms with Gasteiger partial charge in [0.1, 0.15) is 0 Å². The van der Waals surface area contributed by atoms with E-state index in [1.807, 2.05) is 26.0 Å². The zero-order valence-corrected chi connectivity index (χ0v) is 8.79. The van der Waals surface area contributed by atoms with Gasteiger partial charge in [-0.05, 0) is 13.0 Å². The minimum Gasteiger partial charge on any atom is -0.300 e. The third-order valence-corrected chi connectivity index (χ3v) is 2.23. The average Bonchev–Trinajstić information content (AvgIpc) is 2.16. The van der Waals surface area contributed by atoms with E-state index < -0.39 is 0 Å². The molecule has 1 aliphatic carbocycles. The number of rotatable bonds is 2. The van der Waals surface area contributed by atoms with Crippen LogP contribution in [0.3, 0.4) is 0 Å². The van der Waals surface area contributed by atoms with Crippen molar-refractivity contribution in [3.63, 3.8) is 0 Å². The average molecular weight is 189 g/mol. The summed E-state index contributed by atoms with van der Waals surface area (Å²) in [7, 11) is 0. The van der Waals surface area contributed by atoms with Gasteiger partial charge in [0.2, 0.25) is 0 Å². The maximum Gasteiger partial charge on any atom is 0.161 e. The van der Waals surface area contributed by atoms with E-state index in [4.69, 9.17) is 5.41 Å². The van der Waals surface area contributed by atoms with E-state index in [2.05, 4.69) is 0 Å². The van der Waals surface area contributed by atoms with Crippen molar-refractivity contribution < 1.29 is 4.79 Å². The summed E-state index contributed by atoms with van der Waals surface area (Å²) in [5.41, 5.74) is 1.84. The summed E-state index contributed by atoms with van der Waals surface area (Å²) in [4.78, 5) is 11.7. The normalized spacial score (nSPS) is 19.0. The fraction of sp³-hybridized carbons (Fsp3) is 0.333. The number of allylic oxidation sites excluding steroid dienone is 6. The number of carbonyl (C=O) groups is 1. The van der Waals surface area contributed by atoms with Crippen LogP contribution in [0, 0.1) is 11.3 Å². The van der Waals surface area contributed by atoms with Crippen LogP contribution < -0.4 is 0 Å². The lowest BCUT2D eigenvalue weighted by Gasteiger charge is -2.10. The third kappa shape index (κ3) is 2.08. The Balaban J connectivity index is 3.05. The lowest BCUT2D eigenvalue weighted by molar-refractivity contribution is -0.118. The lowest BCUT2D eigenvalue weighted by atomic mass is 9.93. The number of Topliss-reactive ketones (excluding diaryl/α,β-unsaturated/α-hetero) is 1. The van der Waals surface area contributed by atoms with Gasteiger partial charge in [0.25, 0.3) is 0 Å². The van der Waals surface area contributed by atoms with Crippen LogP contribution in [0.4, 0.5) is 0 Å². The van der Waals surface area contributed by atoms with Gasteiger partial charge < -0.3 is 5.41 Å². The molecule has 74 valence electrons. The molecular weight excluding hydrogens is 174 g/mol. The van der Waals surface area contributed by atoms with Crippen molar-refractivity contribution in [1.29, 1.82) is 5.41 Å². The fourth-order valence-corrected chi connectivity index (χ4v) is 1.38. The summed E-state index contributed by atoms with van der Waals surface area (Å²) in [5, 5.41) is 7.66. The Kier molecular flexibility index (Phi) is 3.18. The molecule has 0 aromatic carbocycles. The van der Waals surface area contributed by atoms with Crippen molar-refractivity contribution in [3.05, 3.63) is 35.5 Å². The summed E-state index contributed by atoms with van der Waals surface area (Å²) in [6, 6.07) is 0. The van der Waals surface area contributed by atoms with Crippen LogP contribution in [0.15, 0.2) is 35.5 Å². The van der Waals surface area contributed by atoms with Crippen LogP contribution in [0.1, 0.15) is 20.8 Å². The lowest BCUT2D eigenvalue weighted by Crippen LogP contribution is -2.13. The van der Waals surface area contributed by atoms with Gasteiger partial charge in [0.15, 0.2) is 5.78 Å². The van der Waals surface area contributed by atoms with Crippen molar-refractivity contribution >= 4 is 11.5 Å². The summed E-state index contributed by atoms with van der Waals surface area (Å²) < 4.78 is 0. The molecule has 2 heteroatoms. The molecule has 0 aliphatic heterocycles. The van der Waals surface area contributed by atoms with Gasteiger partial charge in [-0.3, -0.25) is 4.79 Å². The highest BCUT2D eigenvalue weighted by atomic mass is 16.1. The molecule has 0 saturated heterocycles. The topological polar surface area (TPSA) is 40.9 Å². The molecule has 1 aliphatic rings. The van der Waals surface area contributed by atoms with Gasteiger partial charge in [0, 0.05) is 17.1 Å². The number of nitrogens with one attached hydrogen (secondary N) is 1. The van der Waals surface area contributed by atoms with Gasteiger partial charge in [-0.15, -0.1) is 0 Å². The Morgan fingerprint density at radius 3 is 2.36 bits per heavy atom. The molecule has 0 aromatic rings. The summed E-state index contributed by atoms with van der Waals surface area (Å²) in [6.45, 7) is 5.53. The molecule has 2 nitrogen and oxygen atoms in total. The fourth-order valence-electron chi connectivity index (χ4n) is 1.38. The van der Waals surface area contributed by atoms with Crippen LogP contribution in [-0.2, 0) is 4.79 Å². The van der Waals surface area contributed by atoms with E-state index in [9.17, 15) is 4.79 Å².